The average Bonchev–Trinajstić information content (AvgIpc) is 2.97. The summed E-state index contributed by atoms with van der Waals surface area (Å²) in [7, 11) is 3.82. The summed E-state index contributed by atoms with van der Waals surface area (Å²) >= 11 is 0. The van der Waals surface area contributed by atoms with Gasteiger partial charge in [-0.05, 0) is 24.3 Å². The molecule has 22 heavy (non-hydrogen) atoms. The van der Waals surface area contributed by atoms with Crippen LogP contribution in [0.25, 0.3) is 11.1 Å². The van der Waals surface area contributed by atoms with Crippen molar-refractivity contribution in [3.05, 3.63) is 30.5 Å². The topological polar surface area (TPSA) is 86.1 Å². The minimum atomic E-state index is 0.0222. The van der Waals surface area contributed by atoms with E-state index in [0.29, 0.717) is 18.8 Å². The largest absolute Gasteiger partial charge is 0.448 e. The maximum Gasteiger partial charge on any atom is 0.202 e. The van der Waals surface area contributed by atoms with Gasteiger partial charge in [-0.2, -0.15) is 0 Å². The molecule has 0 spiro atoms. The molecule has 6 heteroatoms. The summed E-state index contributed by atoms with van der Waals surface area (Å²) < 4.78 is 5.51. The summed E-state index contributed by atoms with van der Waals surface area (Å²) in [4.78, 5) is 3.80. The lowest BCUT2D eigenvalue weighted by molar-refractivity contribution is 0.281. The zero-order valence-electron chi connectivity index (χ0n) is 13.0. The van der Waals surface area contributed by atoms with Crippen molar-refractivity contribution in [3.8, 4) is 11.1 Å². The number of nitrogen functional groups attached to an aromatic ring is 1. The molecule has 2 aromatic rings. The van der Waals surface area contributed by atoms with Gasteiger partial charge in [0.25, 0.3) is 0 Å². The molecule has 1 aromatic heterocycles. The van der Waals surface area contributed by atoms with E-state index in [4.69, 9.17) is 10.2 Å². The third-order valence-corrected chi connectivity index (χ3v) is 3.48. The van der Waals surface area contributed by atoms with Crippen molar-refractivity contribution >= 4 is 17.3 Å². The Labute approximate surface area is 130 Å². The highest BCUT2D eigenvalue weighted by atomic mass is 16.3. The molecule has 0 aliphatic heterocycles. The maximum absolute atomic E-state index is 9.18. The molecule has 2 rings (SSSR count). The van der Waals surface area contributed by atoms with Gasteiger partial charge in [-0.1, -0.05) is 0 Å². The van der Waals surface area contributed by atoms with Gasteiger partial charge in [-0.15, -0.1) is 0 Å². The van der Waals surface area contributed by atoms with E-state index in [2.05, 4.69) is 0 Å². The Morgan fingerprint density at radius 1 is 1.05 bits per heavy atom. The summed E-state index contributed by atoms with van der Waals surface area (Å²) in [5.41, 5.74) is 9.46. The van der Waals surface area contributed by atoms with Crippen LogP contribution in [0.3, 0.4) is 0 Å². The molecule has 0 unspecified atom stereocenters. The fraction of sp³-hybridized carbons (Fsp3) is 0.375. The van der Waals surface area contributed by atoms with Crippen molar-refractivity contribution in [2.75, 3.05) is 55.9 Å². The predicted molar refractivity (Wildman–Crippen MR) is 89.3 cm³/mol. The summed E-state index contributed by atoms with van der Waals surface area (Å²) in [5, 5.41) is 18.4. The molecule has 0 atom stereocenters. The second kappa shape index (κ2) is 7.20. The molecule has 0 aliphatic rings. The molecule has 0 radical (unpaired) electrons. The highest BCUT2D eigenvalue weighted by molar-refractivity contribution is 5.85. The highest BCUT2D eigenvalue weighted by Gasteiger charge is 2.15. The van der Waals surface area contributed by atoms with Gasteiger partial charge >= 0.3 is 0 Å². The fourth-order valence-corrected chi connectivity index (χ4v) is 2.44. The average molecular weight is 305 g/mol. The highest BCUT2D eigenvalue weighted by Crippen LogP contribution is 2.36. The lowest BCUT2D eigenvalue weighted by atomic mass is 10.0. The molecule has 0 aliphatic carbocycles. The van der Waals surface area contributed by atoms with Crippen LogP contribution in [-0.2, 0) is 0 Å². The first-order valence-electron chi connectivity index (χ1n) is 7.20. The first-order chi connectivity index (χ1) is 10.6. The van der Waals surface area contributed by atoms with Gasteiger partial charge in [0, 0.05) is 49.7 Å². The zero-order valence-corrected chi connectivity index (χ0v) is 13.0. The molecule has 0 saturated heterocycles. The minimum Gasteiger partial charge on any atom is -0.448 e. The predicted octanol–water partition coefficient (Wildman–Crippen LogP) is 1.39. The summed E-state index contributed by atoms with van der Waals surface area (Å²) in [6.07, 6.45) is 1.63. The number of anilines is 3. The second-order valence-electron chi connectivity index (χ2n) is 5.24. The van der Waals surface area contributed by atoms with Gasteiger partial charge in [0.05, 0.1) is 19.5 Å². The van der Waals surface area contributed by atoms with Crippen LogP contribution in [0.2, 0.25) is 0 Å². The second-order valence-corrected chi connectivity index (χ2v) is 5.24. The van der Waals surface area contributed by atoms with E-state index in [1.54, 1.807) is 6.26 Å². The van der Waals surface area contributed by atoms with Gasteiger partial charge in [0.1, 0.15) is 0 Å². The van der Waals surface area contributed by atoms with Crippen molar-refractivity contribution in [1.29, 1.82) is 0 Å². The Hall–Kier alpha value is -2.18. The Morgan fingerprint density at radius 2 is 1.73 bits per heavy atom. The summed E-state index contributed by atoms with van der Waals surface area (Å²) in [5.74, 6) is 0.736. The van der Waals surface area contributed by atoms with E-state index in [-0.39, 0.29) is 13.2 Å². The standard InChI is InChI=1S/C16H23N3O3/c1-18(2)16-13(5-10-22-16)14-11-12(3-4-15(14)17)19(6-8-20)7-9-21/h3-5,10-11,20-21H,6-9,17H2,1-2H3. The van der Waals surface area contributed by atoms with Crippen LogP contribution in [0.5, 0.6) is 0 Å². The van der Waals surface area contributed by atoms with Gasteiger partial charge in [0.15, 0.2) is 0 Å². The van der Waals surface area contributed by atoms with Crippen molar-refractivity contribution < 1.29 is 14.6 Å². The number of furan rings is 1. The molecule has 0 saturated carbocycles. The molecule has 4 N–H and O–H groups in total. The number of hydrogen-bond acceptors (Lipinski definition) is 6. The van der Waals surface area contributed by atoms with Crippen molar-refractivity contribution in [2.24, 2.45) is 0 Å². The Bertz CT molecular complexity index is 604. The van der Waals surface area contributed by atoms with Gasteiger partial charge in [-0.25, -0.2) is 0 Å². The maximum atomic E-state index is 9.18. The number of rotatable bonds is 7. The number of nitrogens with zero attached hydrogens (tertiary/aromatic N) is 2. The summed E-state index contributed by atoms with van der Waals surface area (Å²) in [6, 6.07) is 7.56. The van der Waals surface area contributed by atoms with Gasteiger partial charge in [0.2, 0.25) is 5.88 Å². The SMILES string of the molecule is CN(C)c1occc1-c1cc(N(CCO)CCO)ccc1N. The van der Waals surface area contributed by atoms with Crippen LogP contribution in [0.4, 0.5) is 17.3 Å². The van der Waals surface area contributed by atoms with Crippen LogP contribution in [0, 0.1) is 0 Å². The molecule has 0 amide bonds. The normalized spacial score (nSPS) is 10.7. The fourth-order valence-electron chi connectivity index (χ4n) is 2.44. The number of nitrogens with two attached hydrogens (primary N) is 1. The van der Waals surface area contributed by atoms with Crippen LogP contribution >= 0.6 is 0 Å². The van der Waals surface area contributed by atoms with E-state index in [9.17, 15) is 10.2 Å². The number of benzene rings is 1. The van der Waals surface area contributed by atoms with E-state index >= 15 is 0 Å². The van der Waals surface area contributed by atoms with E-state index in [0.717, 1.165) is 22.7 Å². The van der Waals surface area contributed by atoms with Gasteiger partial charge in [-0.3, -0.25) is 0 Å². The van der Waals surface area contributed by atoms with Crippen LogP contribution in [0.1, 0.15) is 0 Å². The summed E-state index contributed by atoms with van der Waals surface area (Å²) in [6.45, 7) is 0.953. The Balaban J connectivity index is 2.44. The Morgan fingerprint density at radius 3 is 2.32 bits per heavy atom. The van der Waals surface area contributed by atoms with E-state index in [1.165, 1.54) is 0 Å². The monoisotopic (exact) mass is 305 g/mol. The molecule has 120 valence electrons. The third-order valence-electron chi connectivity index (χ3n) is 3.48. The molecule has 1 heterocycles. The Kier molecular flexibility index (Phi) is 5.30. The molecular formula is C16H23N3O3. The number of aliphatic hydroxyl groups is 2. The minimum absolute atomic E-state index is 0.0222. The molecule has 0 fully saturated rings. The lowest BCUT2D eigenvalue weighted by Gasteiger charge is -2.24. The van der Waals surface area contributed by atoms with E-state index in [1.807, 2.05) is 48.2 Å². The molecule has 0 bridgehead atoms. The van der Waals surface area contributed by atoms with Gasteiger partial charge < -0.3 is 30.2 Å². The molecular weight excluding hydrogens is 282 g/mol. The van der Waals surface area contributed by atoms with Crippen molar-refractivity contribution in [2.45, 2.75) is 0 Å². The zero-order chi connectivity index (χ0) is 16.1. The quantitative estimate of drug-likeness (QED) is 0.670. The third kappa shape index (κ3) is 3.35. The van der Waals surface area contributed by atoms with Crippen LogP contribution in [0.15, 0.2) is 34.9 Å². The smallest absolute Gasteiger partial charge is 0.202 e. The van der Waals surface area contributed by atoms with Crippen molar-refractivity contribution in [1.82, 2.24) is 0 Å². The van der Waals surface area contributed by atoms with Crippen LogP contribution in [-0.4, -0.2) is 50.6 Å². The molecule has 6 nitrogen and oxygen atoms in total. The van der Waals surface area contributed by atoms with Crippen molar-refractivity contribution in [3.63, 3.8) is 0 Å². The first kappa shape index (κ1) is 16.2. The number of aliphatic hydroxyl groups excluding tert-OH is 2. The van der Waals surface area contributed by atoms with Crippen LogP contribution < -0.4 is 15.5 Å². The number of hydrogen-bond donors (Lipinski definition) is 3. The van der Waals surface area contributed by atoms with E-state index < -0.39 is 0 Å². The lowest BCUT2D eigenvalue weighted by Crippen LogP contribution is -2.29. The molecule has 1 aromatic carbocycles. The first-order valence-corrected chi connectivity index (χ1v) is 7.20.